The molecule has 0 unspecified atom stereocenters. The smallest absolute Gasteiger partial charge is 0.294 e. The van der Waals surface area contributed by atoms with E-state index in [1.807, 2.05) is 6.92 Å². The Morgan fingerprint density at radius 3 is 2.57 bits per heavy atom. The van der Waals surface area contributed by atoms with Crippen LogP contribution in [0.2, 0.25) is 0 Å². The number of hydrogen-bond donors (Lipinski definition) is 2. The van der Waals surface area contributed by atoms with Gasteiger partial charge in [0.05, 0.1) is 27.0 Å². The Morgan fingerprint density at radius 1 is 1.14 bits per heavy atom. The summed E-state index contributed by atoms with van der Waals surface area (Å²) < 4.78 is 22.0. The van der Waals surface area contributed by atoms with Crippen molar-refractivity contribution in [2.24, 2.45) is 5.10 Å². The number of hydrogen-bond acceptors (Lipinski definition) is 11. The molecule has 0 saturated carbocycles. The van der Waals surface area contributed by atoms with Gasteiger partial charge in [0.25, 0.3) is 5.91 Å². The van der Waals surface area contributed by atoms with Crippen molar-refractivity contribution in [1.29, 1.82) is 0 Å². The van der Waals surface area contributed by atoms with E-state index in [9.17, 15) is 4.79 Å². The summed E-state index contributed by atoms with van der Waals surface area (Å²) >= 11 is 0. The molecule has 0 aliphatic carbocycles. The van der Waals surface area contributed by atoms with Gasteiger partial charge in [-0.15, -0.1) is 5.10 Å². The van der Waals surface area contributed by atoms with E-state index in [4.69, 9.17) is 19.9 Å². The molecule has 2 aromatic carbocycles. The molecule has 3 N–H and O–H groups in total. The third-order valence-corrected chi connectivity index (χ3v) is 4.83. The summed E-state index contributed by atoms with van der Waals surface area (Å²) in [5.74, 6) is 1.29. The highest BCUT2D eigenvalue weighted by Crippen LogP contribution is 2.28. The Balaban J connectivity index is 1.67. The molecule has 0 aliphatic heterocycles. The molecule has 0 atom stereocenters. The van der Waals surface area contributed by atoms with Crippen molar-refractivity contribution < 1.29 is 23.6 Å². The van der Waals surface area contributed by atoms with Gasteiger partial charge in [0.2, 0.25) is 11.6 Å². The quantitative estimate of drug-likeness (QED) is 0.269. The van der Waals surface area contributed by atoms with Crippen LogP contribution < -0.4 is 25.4 Å². The average Bonchev–Trinajstić information content (AvgIpc) is 3.50. The van der Waals surface area contributed by atoms with Crippen molar-refractivity contribution in [2.45, 2.75) is 6.92 Å². The summed E-state index contributed by atoms with van der Waals surface area (Å²) in [6.45, 7) is 2.40. The van der Waals surface area contributed by atoms with E-state index in [1.54, 1.807) is 49.6 Å². The summed E-state index contributed by atoms with van der Waals surface area (Å²) in [5, 5.41) is 19.4. The van der Waals surface area contributed by atoms with Gasteiger partial charge in [-0.05, 0) is 59.7 Å². The first-order valence-corrected chi connectivity index (χ1v) is 10.4. The molecule has 180 valence electrons. The summed E-state index contributed by atoms with van der Waals surface area (Å²) in [6, 6.07) is 12.2. The molecule has 0 aliphatic rings. The third-order valence-electron chi connectivity index (χ3n) is 4.83. The second kappa shape index (κ2) is 10.3. The number of ether oxygens (including phenoxy) is 3. The van der Waals surface area contributed by atoms with Gasteiger partial charge < -0.3 is 19.9 Å². The first kappa shape index (κ1) is 23.2. The van der Waals surface area contributed by atoms with Gasteiger partial charge in [-0.2, -0.15) is 9.78 Å². The lowest BCUT2D eigenvalue weighted by Gasteiger charge is -2.08. The maximum atomic E-state index is 13.0. The highest BCUT2D eigenvalue weighted by Gasteiger charge is 2.25. The maximum absolute atomic E-state index is 13.0. The fourth-order valence-electron chi connectivity index (χ4n) is 3.21. The molecule has 2 heterocycles. The van der Waals surface area contributed by atoms with Crippen LogP contribution >= 0.6 is 0 Å². The molecule has 0 saturated heterocycles. The number of aromatic nitrogens is 5. The van der Waals surface area contributed by atoms with Gasteiger partial charge in [-0.25, -0.2) is 10.1 Å². The van der Waals surface area contributed by atoms with Crippen molar-refractivity contribution in [3.05, 3.63) is 53.7 Å². The molecule has 0 spiro atoms. The number of nitrogens with two attached hydrogens (primary N) is 1. The van der Waals surface area contributed by atoms with Crippen LogP contribution in [0.4, 0.5) is 5.82 Å². The lowest BCUT2D eigenvalue weighted by Crippen LogP contribution is -2.19. The highest BCUT2D eigenvalue weighted by molar-refractivity contribution is 5.99. The number of carbonyl (C=O) groups excluding carboxylic acids is 1. The third kappa shape index (κ3) is 4.88. The highest BCUT2D eigenvalue weighted by atomic mass is 16.6. The second-order valence-corrected chi connectivity index (χ2v) is 6.94. The number of nitrogens with zero attached hydrogens (tertiary/aromatic N) is 6. The van der Waals surface area contributed by atoms with Crippen LogP contribution in [0, 0.1) is 0 Å². The van der Waals surface area contributed by atoms with E-state index in [-0.39, 0.29) is 17.3 Å². The predicted molar refractivity (Wildman–Crippen MR) is 125 cm³/mol. The summed E-state index contributed by atoms with van der Waals surface area (Å²) in [5.41, 5.74) is 9.78. The zero-order valence-corrected chi connectivity index (χ0v) is 19.1. The second-order valence-electron chi connectivity index (χ2n) is 6.94. The van der Waals surface area contributed by atoms with Crippen LogP contribution in [0.15, 0.2) is 52.2 Å². The van der Waals surface area contributed by atoms with E-state index in [0.29, 0.717) is 40.7 Å². The number of rotatable bonds is 9. The molecular weight excluding hydrogens is 456 g/mol. The molecular formula is C22H22N8O5. The van der Waals surface area contributed by atoms with Crippen molar-refractivity contribution in [3.8, 4) is 34.3 Å². The van der Waals surface area contributed by atoms with Gasteiger partial charge in [-0.1, -0.05) is 5.21 Å². The first-order valence-electron chi connectivity index (χ1n) is 10.4. The molecule has 35 heavy (non-hydrogen) atoms. The molecule has 13 heteroatoms. The van der Waals surface area contributed by atoms with E-state index in [1.165, 1.54) is 18.0 Å². The Morgan fingerprint density at radius 2 is 1.91 bits per heavy atom. The van der Waals surface area contributed by atoms with Gasteiger partial charge >= 0.3 is 0 Å². The van der Waals surface area contributed by atoms with Crippen LogP contribution in [0.3, 0.4) is 0 Å². The van der Waals surface area contributed by atoms with E-state index < -0.39 is 5.91 Å². The number of amides is 1. The van der Waals surface area contributed by atoms with Crippen LogP contribution in [0.5, 0.6) is 17.2 Å². The minimum absolute atomic E-state index is 0.0165. The summed E-state index contributed by atoms with van der Waals surface area (Å²) in [7, 11) is 3.08. The number of carbonyl (C=O) groups is 1. The van der Waals surface area contributed by atoms with Crippen LogP contribution in [0.1, 0.15) is 23.0 Å². The number of hydrazone groups is 1. The molecule has 0 radical (unpaired) electrons. The minimum atomic E-state index is -0.617. The predicted octanol–water partition coefficient (Wildman–Crippen LogP) is 2.08. The molecule has 2 aromatic heterocycles. The van der Waals surface area contributed by atoms with Crippen LogP contribution in [-0.2, 0) is 0 Å². The molecule has 13 nitrogen and oxygen atoms in total. The molecule has 0 bridgehead atoms. The molecule has 1 amide bonds. The lowest BCUT2D eigenvalue weighted by atomic mass is 10.1. The zero-order valence-electron chi connectivity index (χ0n) is 19.1. The number of nitrogens with one attached hydrogen (secondary N) is 1. The van der Waals surface area contributed by atoms with E-state index >= 15 is 0 Å². The van der Waals surface area contributed by atoms with Crippen LogP contribution in [0.25, 0.3) is 17.1 Å². The van der Waals surface area contributed by atoms with Gasteiger partial charge in [0.15, 0.2) is 5.69 Å². The number of nitrogen functional groups attached to an aromatic ring is 1. The fourth-order valence-corrected chi connectivity index (χ4v) is 3.21. The largest absolute Gasteiger partial charge is 0.497 e. The van der Waals surface area contributed by atoms with Crippen LogP contribution in [-0.4, -0.2) is 58.3 Å². The number of anilines is 1. The summed E-state index contributed by atoms with van der Waals surface area (Å²) in [6.07, 6.45) is 1.43. The Hall–Kier alpha value is -4.94. The zero-order chi connectivity index (χ0) is 24.8. The fraction of sp³-hybridized carbons (Fsp3) is 0.182. The molecule has 4 aromatic rings. The SMILES string of the molecule is CCOc1ccc(-c2c(C(=O)N/N=C\c3cc(OC)ccc3OC)nnn2-c2nonc2N)cc1. The maximum Gasteiger partial charge on any atom is 0.294 e. The minimum Gasteiger partial charge on any atom is -0.497 e. The number of methoxy groups -OCH3 is 2. The Labute approximate surface area is 199 Å². The standard InChI is InChI=1S/C22H22N8O5/c1-4-34-15-7-5-13(6-8-15)19-18(25-29-30(19)21-20(23)27-35-28-21)22(31)26-24-12-14-11-16(32-2)9-10-17(14)33-3/h5-12H,4H2,1-3H3,(H2,23,27)(H,26,31)/b24-12-. The topological polar surface area (TPSA) is 165 Å². The number of benzene rings is 2. The van der Waals surface area contributed by atoms with Gasteiger partial charge in [0, 0.05) is 11.1 Å². The lowest BCUT2D eigenvalue weighted by molar-refractivity contribution is 0.0950. The van der Waals surface area contributed by atoms with Crippen molar-refractivity contribution in [3.63, 3.8) is 0 Å². The summed E-state index contributed by atoms with van der Waals surface area (Å²) in [4.78, 5) is 13.0. The van der Waals surface area contributed by atoms with E-state index in [2.05, 4.69) is 35.8 Å². The van der Waals surface area contributed by atoms with Crippen molar-refractivity contribution in [1.82, 2.24) is 30.7 Å². The molecule has 4 rings (SSSR count). The van der Waals surface area contributed by atoms with Gasteiger partial charge in [-0.3, -0.25) is 4.79 Å². The normalized spacial score (nSPS) is 10.9. The monoisotopic (exact) mass is 478 g/mol. The van der Waals surface area contributed by atoms with Crippen molar-refractivity contribution >= 4 is 17.9 Å². The Bertz CT molecular complexity index is 1350. The average molecular weight is 478 g/mol. The van der Waals surface area contributed by atoms with Gasteiger partial charge in [0.1, 0.15) is 22.9 Å². The Kier molecular flexibility index (Phi) is 6.86. The molecule has 0 fully saturated rings. The van der Waals surface area contributed by atoms with Crippen molar-refractivity contribution in [2.75, 3.05) is 26.6 Å². The van der Waals surface area contributed by atoms with E-state index in [0.717, 1.165) is 0 Å². The first-order chi connectivity index (χ1) is 17.0.